The number of rotatable bonds is 4. The van der Waals surface area contributed by atoms with Gasteiger partial charge in [0, 0.05) is 6.42 Å². The molecule has 1 rings (SSSR count). The number of aryl methyl sites for hydroxylation is 1. The van der Waals surface area contributed by atoms with Crippen molar-refractivity contribution in [2.75, 3.05) is 7.11 Å². The monoisotopic (exact) mass is 266 g/mol. The van der Waals surface area contributed by atoms with Crippen LogP contribution in [0.3, 0.4) is 0 Å². The van der Waals surface area contributed by atoms with Crippen LogP contribution >= 0.6 is 11.6 Å². The summed E-state index contributed by atoms with van der Waals surface area (Å²) in [6.45, 7) is 1.81. The summed E-state index contributed by atoms with van der Waals surface area (Å²) < 4.78 is 41.2. The molecule has 0 aliphatic rings. The third-order valence-corrected chi connectivity index (χ3v) is 2.95. The Balaban J connectivity index is 2.72. The topological polar surface area (TPSA) is 9.23 Å². The molecule has 0 N–H and O–H groups in total. The lowest BCUT2D eigenvalue weighted by Gasteiger charge is -2.14. The first-order valence-corrected chi connectivity index (χ1v) is 5.62. The summed E-state index contributed by atoms with van der Waals surface area (Å²) in [4.78, 5) is 0. The molecule has 1 atom stereocenters. The fraction of sp³-hybridized carbons (Fsp3) is 0.500. The van der Waals surface area contributed by atoms with Crippen LogP contribution in [0.1, 0.15) is 29.3 Å². The summed E-state index contributed by atoms with van der Waals surface area (Å²) in [6.07, 6.45) is -5.14. The van der Waals surface area contributed by atoms with Crippen LogP contribution in [0.5, 0.6) is 5.75 Å². The van der Waals surface area contributed by atoms with E-state index in [-0.39, 0.29) is 6.42 Å². The van der Waals surface area contributed by atoms with Crippen LogP contribution in [0, 0.1) is 6.92 Å². The van der Waals surface area contributed by atoms with E-state index in [0.717, 1.165) is 11.1 Å². The van der Waals surface area contributed by atoms with Crippen molar-refractivity contribution in [2.24, 2.45) is 0 Å². The van der Waals surface area contributed by atoms with Gasteiger partial charge in [0.05, 0.1) is 12.5 Å². The Labute approximate surface area is 104 Å². The minimum atomic E-state index is -4.16. The number of methoxy groups -OCH3 is 1. The number of halogens is 4. The van der Waals surface area contributed by atoms with Gasteiger partial charge in [0.15, 0.2) is 0 Å². The molecule has 0 aliphatic carbocycles. The Bertz CT molecular complexity index is 377. The largest absolute Gasteiger partial charge is 0.497 e. The number of alkyl halides is 4. The molecule has 1 aromatic rings. The SMILES string of the molecule is COc1ccc(C(Cl)CCC(F)(F)F)c(C)c1. The van der Waals surface area contributed by atoms with E-state index in [9.17, 15) is 13.2 Å². The minimum absolute atomic E-state index is 0.113. The van der Waals surface area contributed by atoms with Gasteiger partial charge in [0.1, 0.15) is 5.75 Å². The second-order valence-corrected chi connectivity index (χ2v) is 4.37. The molecule has 0 radical (unpaired) electrons. The molecule has 0 aromatic heterocycles. The maximum absolute atomic E-state index is 12.1. The van der Waals surface area contributed by atoms with Crippen LogP contribution in [-0.4, -0.2) is 13.3 Å². The second-order valence-electron chi connectivity index (χ2n) is 3.84. The fourth-order valence-electron chi connectivity index (χ4n) is 1.57. The van der Waals surface area contributed by atoms with Gasteiger partial charge in [-0.1, -0.05) is 6.07 Å². The van der Waals surface area contributed by atoms with Crippen molar-refractivity contribution >= 4 is 11.6 Å². The molecular weight excluding hydrogens is 253 g/mol. The third-order valence-electron chi connectivity index (χ3n) is 2.50. The predicted octanol–water partition coefficient (Wildman–Crippen LogP) is 4.63. The summed E-state index contributed by atoms with van der Waals surface area (Å²) in [5, 5.41) is -0.623. The van der Waals surface area contributed by atoms with E-state index < -0.39 is 18.0 Å². The van der Waals surface area contributed by atoms with Crippen molar-refractivity contribution in [1.82, 2.24) is 0 Å². The zero-order valence-corrected chi connectivity index (χ0v) is 10.4. The second kappa shape index (κ2) is 5.63. The lowest BCUT2D eigenvalue weighted by molar-refractivity contribution is -0.135. The van der Waals surface area contributed by atoms with Crippen molar-refractivity contribution in [2.45, 2.75) is 31.3 Å². The molecule has 0 spiro atoms. The highest BCUT2D eigenvalue weighted by Crippen LogP contribution is 2.34. The van der Waals surface area contributed by atoms with Gasteiger partial charge in [0.25, 0.3) is 0 Å². The van der Waals surface area contributed by atoms with Crippen LogP contribution in [-0.2, 0) is 0 Å². The van der Waals surface area contributed by atoms with Gasteiger partial charge in [-0.2, -0.15) is 13.2 Å². The quantitative estimate of drug-likeness (QED) is 0.722. The van der Waals surface area contributed by atoms with Crippen LogP contribution in [0.25, 0.3) is 0 Å². The molecule has 0 amide bonds. The Hall–Kier alpha value is -0.900. The molecule has 0 fully saturated rings. The highest BCUT2D eigenvalue weighted by molar-refractivity contribution is 6.20. The Morgan fingerprint density at radius 2 is 2.00 bits per heavy atom. The van der Waals surface area contributed by atoms with Crippen LogP contribution in [0.4, 0.5) is 13.2 Å². The molecule has 0 saturated carbocycles. The summed E-state index contributed by atoms with van der Waals surface area (Å²) in [6, 6.07) is 5.17. The molecular formula is C12H14ClF3O. The van der Waals surface area contributed by atoms with Crippen molar-refractivity contribution in [3.05, 3.63) is 29.3 Å². The van der Waals surface area contributed by atoms with Gasteiger partial charge in [-0.05, 0) is 36.6 Å². The van der Waals surface area contributed by atoms with Gasteiger partial charge < -0.3 is 4.74 Å². The van der Waals surface area contributed by atoms with E-state index in [1.807, 2.05) is 0 Å². The summed E-state index contributed by atoms with van der Waals surface area (Å²) in [5.41, 5.74) is 1.56. The van der Waals surface area contributed by atoms with Gasteiger partial charge in [-0.3, -0.25) is 0 Å². The molecule has 5 heteroatoms. The molecule has 1 nitrogen and oxygen atoms in total. The number of benzene rings is 1. The normalized spacial score (nSPS) is 13.5. The molecule has 1 aromatic carbocycles. The van der Waals surface area contributed by atoms with Crippen LogP contribution in [0.2, 0.25) is 0 Å². The first-order chi connectivity index (χ1) is 7.83. The summed E-state index contributed by atoms with van der Waals surface area (Å²) in [5.74, 6) is 0.672. The Kier molecular flexibility index (Phi) is 4.69. The smallest absolute Gasteiger partial charge is 0.389 e. The van der Waals surface area contributed by atoms with E-state index in [0.29, 0.717) is 5.75 Å². The lowest BCUT2D eigenvalue weighted by atomic mass is 10.0. The highest BCUT2D eigenvalue weighted by Gasteiger charge is 2.28. The molecule has 0 aliphatic heterocycles. The van der Waals surface area contributed by atoms with Gasteiger partial charge >= 0.3 is 6.18 Å². The molecule has 96 valence electrons. The Morgan fingerprint density at radius 1 is 1.35 bits per heavy atom. The zero-order chi connectivity index (χ0) is 13.1. The highest BCUT2D eigenvalue weighted by atomic mass is 35.5. The number of hydrogen-bond donors (Lipinski definition) is 0. The molecule has 0 bridgehead atoms. The van der Waals surface area contributed by atoms with E-state index in [2.05, 4.69) is 0 Å². The maximum atomic E-state index is 12.1. The standard InChI is InChI=1S/C12H14ClF3O/c1-8-7-9(17-2)3-4-10(8)11(13)5-6-12(14,15)16/h3-4,7,11H,5-6H2,1-2H3. The third kappa shape index (κ3) is 4.46. The van der Waals surface area contributed by atoms with Crippen LogP contribution in [0.15, 0.2) is 18.2 Å². The molecule has 1 unspecified atom stereocenters. The van der Waals surface area contributed by atoms with E-state index in [1.165, 1.54) is 7.11 Å². The van der Waals surface area contributed by atoms with E-state index >= 15 is 0 Å². The summed E-state index contributed by atoms with van der Waals surface area (Å²) in [7, 11) is 1.54. The molecule has 0 saturated heterocycles. The maximum Gasteiger partial charge on any atom is 0.389 e. The fourth-order valence-corrected chi connectivity index (χ4v) is 1.93. The average Bonchev–Trinajstić information content (AvgIpc) is 2.24. The van der Waals surface area contributed by atoms with E-state index in [4.69, 9.17) is 16.3 Å². The van der Waals surface area contributed by atoms with Gasteiger partial charge in [-0.15, -0.1) is 11.6 Å². The van der Waals surface area contributed by atoms with E-state index in [1.54, 1.807) is 25.1 Å². The van der Waals surface area contributed by atoms with Crippen molar-refractivity contribution in [3.63, 3.8) is 0 Å². The Morgan fingerprint density at radius 3 is 2.47 bits per heavy atom. The van der Waals surface area contributed by atoms with Crippen molar-refractivity contribution in [3.8, 4) is 5.75 Å². The first-order valence-electron chi connectivity index (χ1n) is 5.19. The lowest BCUT2D eigenvalue weighted by Crippen LogP contribution is -2.08. The van der Waals surface area contributed by atoms with Crippen molar-refractivity contribution < 1.29 is 17.9 Å². The first kappa shape index (κ1) is 14.2. The predicted molar refractivity (Wildman–Crippen MR) is 61.6 cm³/mol. The van der Waals surface area contributed by atoms with Crippen LogP contribution < -0.4 is 4.74 Å². The number of ether oxygens (including phenoxy) is 1. The molecule has 17 heavy (non-hydrogen) atoms. The zero-order valence-electron chi connectivity index (χ0n) is 9.64. The van der Waals surface area contributed by atoms with Gasteiger partial charge in [-0.25, -0.2) is 0 Å². The number of hydrogen-bond acceptors (Lipinski definition) is 1. The van der Waals surface area contributed by atoms with Crippen molar-refractivity contribution in [1.29, 1.82) is 0 Å². The molecule has 0 heterocycles. The summed E-state index contributed by atoms with van der Waals surface area (Å²) >= 11 is 5.97. The average molecular weight is 267 g/mol. The minimum Gasteiger partial charge on any atom is -0.497 e. The van der Waals surface area contributed by atoms with Gasteiger partial charge in [0.2, 0.25) is 0 Å².